The van der Waals surface area contributed by atoms with Crippen LogP contribution in [0.2, 0.25) is 5.02 Å². The Morgan fingerprint density at radius 2 is 2.03 bits per heavy atom. The number of nitrogens with two attached hydrogens (primary N) is 1. The zero-order chi connectivity index (χ0) is 20.8. The molecule has 0 saturated heterocycles. The quantitative estimate of drug-likeness (QED) is 0.398. The highest BCUT2D eigenvalue weighted by Crippen LogP contribution is 2.29. The van der Waals surface area contributed by atoms with Gasteiger partial charge in [0.25, 0.3) is 0 Å². The maximum Gasteiger partial charge on any atom is 0.516 e. The SMILES string of the molecule is N[C@@H](CC(=O)OC(=O)OCc1ccccc1)Cc1cc(Cl)c2[nH]ncc2c1CO. The lowest BCUT2D eigenvalue weighted by atomic mass is 9.97. The Labute approximate surface area is 171 Å². The number of nitrogens with zero attached hydrogens (tertiary/aromatic N) is 1. The number of ether oxygens (including phenoxy) is 2. The van der Waals surface area contributed by atoms with Gasteiger partial charge in [-0.15, -0.1) is 0 Å². The summed E-state index contributed by atoms with van der Waals surface area (Å²) in [6.07, 6.45) is 0.542. The molecule has 4 N–H and O–H groups in total. The molecule has 0 aliphatic carbocycles. The van der Waals surface area contributed by atoms with Gasteiger partial charge in [-0.1, -0.05) is 41.9 Å². The maximum atomic E-state index is 12.0. The molecule has 3 aromatic rings. The van der Waals surface area contributed by atoms with Crippen molar-refractivity contribution in [1.29, 1.82) is 0 Å². The Hall–Kier alpha value is -2.94. The van der Waals surface area contributed by atoms with Crippen molar-refractivity contribution in [1.82, 2.24) is 10.2 Å². The number of H-pyrrole nitrogens is 1. The minimum Gasteiger partial charge on any atom is -0.429 e. The molecule has 1 heterocycles. The van der Waals surface area contributed by atoms with Gasteiger partial charge in [0.2, 0.25) is 0 Å². The fraction of sp³-hybridized carbons (Fsp3) is 0.250. The van der Waals surface area contributed by atoms with Crippen molar-refractivity contribution in [2.24, 2.45) is 5.73 Å². The van der Waals surface area contributed by atoms with Gasteiger partial charge in [-0.05, 0) is 29.2 Å². The number of carbonyl (C=O) groups is 2. The Morgan fingerprint density at radius 1 is 1.28 bits per heavy atom. The van der Waals surface area contributed by atoms with Crippen LogP contribution in [0.3, 0.4) is 0 Å². The molecule has 0 unspecified atom stereocenters. The van der Waals surface area contributed by atoms with Crippen LogP contribution in [0.5, 0.6) is 0 Å². The smallest absolute Gasteiger partial charge is 0.429 e. The number of nitrogens with one attached hydrogen (secondary N) is 1. The second-order valence-corrected chi connectivity index (χ2v) is 6.89. The number of halogens is 1. The van der Waals surface area contributed by atoms with Gasteiger partial charge in [0.05, 0.1) is 29.8 Å². The minimum absolute atomic E-state index is 0.00206. The summed E-state index contributed by atoms with van der Waals surface area (Å²) < 4.78 is 9.55. The lowest BCUT2D eigenvalue weighted by molar-refractivity contribution is -0.140. The number of fused-ring (bicyclic) bond motifs is 1. The molecule has 0 spiro atoms. The van der Waals surface area contributed by atoms with E-state index in [2.05, 4.69) is 14.9 Å². The number of aromatic amines is 1. The summed E-state index contributed by atoms with van der Waals surface area (Å²) in [5.41, 5.74) is 8.75. The largest absolute Gasteiger partial charge is 0.516 e. The molecule has 0 fully saturated rings. The van der Waals surface area contributed by atoms with Crippen LogP contribution in [-0.4, -0.2) is 33.5 Å². The van der Waals surface area contributed by atoms with Crippen molar-refractivity contribution >= 4 is 34.6 Å². The van der Waals surface area contributed by atoms with E-state index in [4.69, 9.17) is 22.1 Å². The first-order valence-electron chi connectivity index (χ1n) is 8.89. The van der Waals surface area contributed by atoms with Crippen molar-refractivity contribution < 1.29 is 24.2 Å². The summed E-state index contributed by atoms with van der Waals surface area (Å²) in [6.45, 7) is -0.229. The average molecular weight is 418 g/mol. The summed E-state index contributed by atoms with van der Waals surface area (Å²) >= 11 is 6.23. The molecule has 0 bridgehead atoms. The Balaban J connectivity index is 1.55. The predicted molar refractivity (Wildman–Crippen MR) is 106 cm³/mol. The first-order valence-corrected chi connectivity index (χ1v) is 9.27. The summed E-state index contributed by atoms with van der Waals surface area (Å²) in [5, 5.41) is 17.5. The van der Waals surface area contributed by atoms with Gasteiger partial charge in [-0.25, -0.2) is 4.79 Å². The molecule has 1 aromatic heterocycles. The standard InChI is InChI=1S/C20H20ClN3O5/c21-17-7-13(16(10-25)15-9-23-24-19(15)17)6-14(22)8-18(26)29-20(27)28-11-12-4-2-1-3-5-12/h1-5,7,9,14,25H,6,8,10-11,22H2,(H,23,24)/t14-/m1/s1. The van der Waals surface area contributed by atoms with Crippen LogP contribution in [0, 0.1) is 0 Å². The van der Waals surface area contributed by atoms with E-state index in [1.54, 1.807) is 24.4 Å². The third-order valence-corrected chi connectivity index (χ3v) is 4.66. The van der Waals surface area contributed by atoms with Crippen molar-refractivity contribution in [3.8, 4) is 0 Å². The van der Waals surface area contributed by atoms with Crippen molar-refractivity contribution in [2.45, 2.75) is 32.1 Å². The van der Waals surface area contributed by atoms with Crippen LogP contribution >= 0.6 is 11.6 Å². The molecule has 9 heteroatoms. The average Bonchev–Trinajstić information content (AvgIpc) is 3.17. The van der Waals surface area contributed by atoms with Crippen molar-refractivity contribution in [3.63, 3.8) is 0 Å². The molecule has 0 aliphatic rings. The monoisotopic (exact) mass is 417 g/mol. The van der Waals surface area contributed by atoms with Crippen molar-refractivity contribution in [2.75, 3.05) is 0 Å². The lowest BCUT2D eigenvalue weighted by Gasteiger charge is -2.15. The first kappa shape index (κ1) is 20.8. The zero-order valence-electron chi connectivity index (χ0n) is 15.4. The molecular weight excluding hydrogens is 398 g/mol. The van der Waals surface area contributed by atoms with E-state index in [9.17, 15) is 14.7 Å². The van der Waals surface area contributed by atoms with Gasteiger partial charge in [0, 0.05) is 11.4 Å². The highest BCUT2D eigenvalue weighted by molar-refractivity contribution is 6.35. The van der Waals surface area contributed by atoms with E-state index in [1.165, 1.54) is 0 Å². The van der Waals surface area contributed by atoms with Gasteiger partial charge < -0.3 is 20.3 Å². The molecule has 152 valence electrons. The molecule has 0 aliphatic heterocycles. The van der Waals surface area contributed by atoms with Gasteiger partial charge in [0.1, 0.15) is 6.61 Å². The molecular formula is C20H20ClN3O5. The predicted octanol–water partition coefficient (Wildman–Crippen LogP) is 2.85. The number of hydrogen-bond donors (Lipinski definition) is 3. The summed E-state index contributed by atoms with van der Waals surface area (Å²) in [5.74, 6) is -0.795. The molecule has 1 atom stereocenters. The van der Waals surface area contributed by atoms with Crippen LogP contribution in [0.4, 0.5) is 4.79 Å². The van der Waals surface area contributed by atoms with Gasteiger partial charge in [-0.3, -0.25) is 9.89 Å². The molecule has 2 aromatic carbocycles. The van der Waals surface area contributed by atoms with Gasteiger partial charge in [0.15, 0.2) is 0 Å². The number of rotatable bonds is 7. The Kier molecular flexibility index (Phi) is 6.82. The fourth-order valence-electron chi connectivity index (χ4n) is 3.00. The fourth-order valence-corrected chi connectivity index (χ4v) is 3.28. The van der Waals surface area contributed by atoms with E-state index in [1.807, 2.05) is 18.2 Å². The third kappa shape index (κ3) is 5.32. The molecule has 0 saturated carbocycles. The molecule has 3 rings (SSSR count). The van der Waals surface area contributed by atoms with Crippen LogP contribution in [0.25, 0.3) is 10.9 Å². The number of aliphatic hydroxyl groups is 1. The normalized spacial score (nSPS) is 12.0. The van der Waals surface area contributed by atoms with E-state index in [0.29, 0.717) is 27.1 Å². The van der Waals surface area contributed by atoms with E-state index in [0.717, 1.165) is 5.56 Å². The number of benzene rings is 2. The third-order valence-electron chi connectivity index (χ3n) is 4.36. The second kappa shape index (κ2) is 9.51. The summed E-state index contributed by atoms with van der Waals surface area (Å²) in [4.78, 5) is 23.6. The van der Waals surface area contributed by atoms with Crippen LogP contribution in [-0.2, 0) is 33.9 Å². The van der Waals surface area contributed by atoms with E-state index in [-0.39, 0.29) is 26.1 Å². The van der Waals surface area contributed by atoms with E-state index >= 15 is 0 Å². The number of esters is 1. The highest BCUT2D eigenvalue weighted by atomic mass is 35.5. The van der Waals surface area contributed by atoms with Crippen LogP contribution in [0.15, 0.2) is 42.6 Å². The van der Waals surface area contributed by atoms with Gasteiger partial charge in [-0.2, -0.15) is 5.10 Å². The van der Waals surface area contributed by atoms with Crippen LogP contribution in [0.1, 0.15) is 23.1 Å². The Bertz CT molecular complexity index is 1010. The maximum absolute atomic E-state index is 12.0. The number of carbonyl (C=O) groups excluding carboxylic acids is 2. The first-order chi connectivity index (χ1) is 14.0. The molecule has 29 heavy (non-hydrogen) atoms. The number of aromatic nitrogens is 2. The molecule has 0 radical (unpaired) electrons. The highest BCUT2D eigenvalue weighted by Gasteiger charge is 2.19. The Morgan fingerprint density at radius 3 is 2.76 bits per heavy atom. The van der Waals surface area contributed by atoms with Crippen molar-refractivity contribution in [3.05, 3.63) is 64.3 Å². The van der Waals surface area contributed by atoms with Gasteiger partial charge >= 0.3 is 12.1 Å². The summed E-state index contributed by atoms with van der Waals surface area (Å²) in [6, 6.07) is 10.1. The van der Waals surface area contributed by atoms with Crippen LogP contribution < -0.4 is 5.73 Å². The zero-order valence-corrected chi connectivity index (χ0v) is 16.2. The topological polar surface area (TPSA) is 128 Å². The lowest BCUT2D eigenvalue weighted by Crippen LogP contribution is -2.28. The molecule has 8 nitrogen and oxygen atoms in total. The molecule has 0 amide bonds. The number of aliphatic hydroxyl groups excluding tert-OH is 1. The minimum atomic E-state index is -1.08. The second-order valence-electron chi connectivity index (χ2n) is 6.48. The van der Waals surface area contributed by atoms with E-state index < -0.39 is 18.2 Å². The number of hydrogen-bond acceptors (Lipinski definition) is 7. The summed E-state index contributed by atoms with van der Waals surface area (Å²) in [7, 11) is 0.